The molecule has 2 heterocycles. The van der Waals surface area contributed by atoms with Crippen LogP contribution in [0.25, 0.3) is 5.13 Å². The van der Waals surface area contributed by atoms with E-state index in [1.807, 2.05) is 62.0 Å². The first kappa shape index (κ1) is 18.1. The highest BCUT2D eigenvalue weighted by atomic mass is 32.1. The van der Waals surface area contributed by atoms with Crippen LogP contribution >= 0.6 is 11.3 Å². The molecule has 0 fully saturated rings. The highest BCUT2D eigenvalue weighted by Crippen LogP contribution is 2.17. The number of hydrogen-bond acceptors (Lipinski definition) is 4. The Morgan fingerprint density at radius 3 is 2.65 bits per heavy atom. The van der Waals surface area contributed by atoms with Gasteiger partial charge in [-0.1, -0.05) is 6.07 Å². The first-order chi connectivity index (χ1) is 12.4. The van der Waals surface area contributed by atoms with Gasteiger partial charge in [0.25, 0.3) is 0 Å². The highest BCUT2D eigenvalue weighted by molar-refractivity contribution is 7.12. The van der Waals surface area contributed by atoms with Crippen LogP contribution in [-0.2, 0) is 6.42 Å². The lowest BCUT2D eigenvalue weighted by Crippen LogP contribution is -2.30. The molecule has 2 amide bonds. The number of urea groups is 1. The van der Waals surface area contributed by atoms with Crippen molar-refractivity contribution in [1.82, 2.24) is 20.1 Å². The van der Waals surface area contributed by atoms with E-state index in [9.17, 15) is 4.79 Å². The minimum atomic E-state index is -0.206. The summed E-state index contributed by atoms with van der Waals surface area (Å²) in [5.74, 6) is 0. The predicted molar refractivity (Wildman–Crippen MR) is 105 cm³/mol. The lowest BCUT2D eigenvalue weighted by molar-refractivity contribution is 0.252. The molecule has 0 atom stereocenters. The van der Waals surface area contributed by atoms with Crippen molar-refractivity contribution in [3.05, 3.63) is 57.9 Å². The number of aromatic nitrogens is 3. The Balaban J connectivity index is 1.51. The Hall–Kier alpha value is -2.67. The molecule has 0 saturated heterocycles. The number of amides is 2. The molecule has 26 heavy (non-hydrogen) atoms. The molecule has 0 saturated carbocycles. The fourth-order valence-electron chi connectivity index (χ4n) is 2.63. The Labute approximate surface area is 157 Å². The number of benzene rings is 1. The number of hydrogen-bond donors (Lipinski definition) is 2. The topological polar surface area (TPSA) is 71.8 Å². The molecule has 0 bridgehead atoms. The van der Waals surface area contributed by atoms with Gasteiger partial charge in [-0.25, -0.2) is 14.5 Å². The number of carbonyl (C=O) groups is 1. The molecule has 0 unspecified atom stereocenters. The Morgan fingerprint density at radius 1 is 1.15 bits per heavy atom. The molecule has 3 aromatic rings. The largest absolute Gasteiger partial charge is 0.337 e. The second-order valence-electron chi connectivity index (χ2n) is 6.39. The molecule has 0 aliphatic carbocycles. The maximum atomic E-state index is 12.0. The zero-order valence-corrected chi connectivity index (χ0v) is 16.3. The van der Waals surface area contributed by atoms with E-state index in [4.69, 9.17) is 0 Å². The van der Waals surface area contributed by atoms with Gasteiger partial charge in [-0.3, -0.25) is 0 Å². The van der Waals surface area contributed by atoms with Crippen molar-refractivity contribution in [3.63, 3.8) is 0 Å². The zero-order chi connectivity index (χ0) is 18.7. The predicted octanol–water partition coefficient (Wildman–Crippen LogP) is 3.93. The number of carbonyl (C=O) groups excluding carboxylic acids is 1. The van der Waals surface area contributed by atoms with E-state index in [0.29, 0.717) is 13.0 Å². The molecule has 2 N–H and O–H groups in total. The standard InChI is InChI=1S/C19H23N5OS/c1-12-5-6-16(9-13(12)2)21-18(25)20-8-7-17-11-26-19(22-17)24-15(4)10-14(3)23-24/h5-6,9-11H,7-8H2,1-4H3,(H2,20,21,25). The van der Waals surface area contributed by atoms with Crippen molar-refractivity contribution >= 4 is 23.1 Å². The maximum absolute atomic E-state index is 12.0. The third-order valence-corrected chi connectivity index (χ3v) is 5.03. The Morgan fingerprint density at radius 2 is 1.96 bits per heavy atom. The van der Waals surface area contributed by atoms with E-state index in [1.165, 1.54) is 5.56 Å². The maximum Gasteiger partial charge on any atom is 0.319 e. The van der Waals surface area contributed by atoms with Crippen LogP contribution in [0.1, 0.15) is 28.2 Å². The van der Waals surface area contributed by atoms with Gasteiger partial charge in [0.15, 0.2) is 0 Å². The van der Waals surface area contributed by atoms with Gasteiger partial charge >= 0.3 is 6.03 Å². The average Bonchev–Trinajstić information content (AvgIpc) is 3.17. The van der Waals surface area contributed by atoms with Crippen LogP contribution in [0.3, 0.4) is 0 Å². The minimum Gasteiger partial charge on any atom is -0.337 e. The van der Waals surface area contributed by atoms with Crippen LogP contribution in [0, 0.1) is 27.7 Å². The summed E-state index contributed by atoms with van der Waals surface area (Å²) in [5.41, 5.74) is 6.15. The van der Waals surface area contributed by atoms with E-state index in [1.54, 1.807) is 11.3 Å². The fourth-order valence-corrected chi connectivity index (χ4v) is 3.50. The molecule has 2 aromatic heterocycles. The van der Waals surface area contributed by atoms with Crippen LogP contribution in [0.5, 0.6) is 0 Å². The monoisotopic (exact) mass is 369 g/mol. The van der Waals surface area contributed by atoms with E-state index < -0.39 is 0 Å². The summed E-state index contributed by atoms with van der Waals surface area (Å²) in [7, 11) is 0. The molecule has 0 spiro atoms. The second kappa shape index (κ2) is 7.70. The lowest BCUT2D eigenvalue weighted by Gasteiger charge is -2.08. The quantitative estimate of drug-likeness (QED) is 0.716. The molecule has 1 aromatic carbocycles. The average molecular weight is 369 g/mol. The second-order valence-corrected chi connectivity index (χ2v) is 7.23. The van der Waals surface area contributed by atoms with E-state index >= 15 is 0 Å². The lowest BCUT2D eigenvalue weighted by atomic mass is 10.1. The van der Waals surface area contributed by atoms with E-state index in [2.05, 4.69) is 20.7 Å². The number of rotatable bonds is 5. The van der Waals surface area contributed by atoms with E-state index in [0.717, 1.165) is 33.5 Å². The summed E-state index contributed by atoms with van der Waals surface area (Å²) in [5, 5.41) is 13.0. The van der Waals surface area contributed by atoms with Gasteiger partial charge in [-0.2, -0.15) is 5.10 Å². The summed E-state index contributed by atoms with van der Waals surface area (Å²) in [6, 6.07) is 7.70. The van der Waals surface area contributed by atoms with Crippen molar-refractivity contribution in [2.75, 3.05) is 11.9 Å². The molecule has 0 aliphatic rings. The van der Waals surface area contributed by atoms with Gasteiger partial charge in [0.1, 0.15) is 0 Å². The van der Waals surface area contributed by atoms with Gasteiger partial charge in [-0.15, -0.1) is 11.3 Å². The molecule has 136 valence electrons. The van der Waals surface area contributed by atoms with E-state index in [-0.39, 0.29) is 6.03 Å². The summed E-state index contributed by atoms with van der Waals surface area (Å²) in [4.78, 5) is 16.6. The fraction of sp³-hybridized carbons (Fsp3) is 0.316. The minimum absolute atomic E-state index is 0.206. The van der Waals surface area contributed by atoms with Crippen LogP contribution in [0.15, 0.2) is 29.6 Å². The first-order valence-corrected chi connectivity index (χ1v) is 9.40. The summed E-state index contributed by atoms with van der Waals surface area (Å²) in [6.45, 7) is 8.58. The van der Waals surface area contributed by atoms with Gasteiger partial charge in [0.05, 0.1) is 11.4 Å². The molecule has 7 heteroatoms. The van der Waals surface area contributed by atoms with Crippen molar-refractivity contribution in [3.8, 4) is 5.13 Å². The van der Waals surface area contributed by atoms with Crippen LogP contribution in [0.4, 0.5) is 10.5 Å². The summed E-state index contributed by atoms with van der Waals surface area (Å²) >= 11 is 1.56. The smallest absolute Gasteiger partial charge is 0.319 e. The Bertz CT molecular complexity index is 928. The highest BCUT2D eigenvalue weighted by Gasteiger charge is 2.09. The number of aryl methyl sites for hydroxylation is 4. The first-order valence-electron chi connectivity index (χ1n) is 8.52. The van der Waals surface area contributed by atoms with Gasteiger partial charge in [-0.05, 0) is 57.0 Å². The molecule has 6 nitrogen and oxygen atoms in total. The van der Waals surface area contributed by atoms with Crippen molar-refractivity contribution in [2.24, 2.45) is 0 Å². The summed E-state index contributed by atoms with van der Waals surface area (Å²) < 4.78 is 1.85. The third kappa shape index (κ3) is 4.29. The van der Waals surface area contributed by atoms with Crippen LogP contribution in [-0.4, -0.2) is 27.3 Å². The zero-order valence-electron chi connectivity index (χ0n) is 15.5. The van der Waals surface area contributed by atoms with Crippen LogP contribution < -0.4 is 10.6 Å². The van der Waals surface area contributed by atoms with Crippen LogP contribution in [0.2, 0.25) is 0 Å². The van der Waals surface area contributed by atoms with Crippen molar-refractivity contribution in [2.45, 2.75) is 34.1 Å². The van der Waals surface area contributed by atoms with Gasteiger partial charge in [0, 0.05) is 29.7 Å². The SMILES string of the molecule is Cc1cc(C)n(-c2nc(CCNC(=O)Nc3ccc(C)c(C)c3)cs2)n1. The molecule has 0 aliphatic heterocycles. The van der Waals surface area contributed by atoms with Crippen molar-refractivity contribution in [1.29, 1.82) is 0 Å². The third-order valence-electron chi connectivity index (χ3n) is 4.16. The number of nitrogens with one attached hydrogen (secondary N) is 2. The Kier molecular flexibility index (Phi) is 5.37. The van der Waals surface area contributed by atoms with Gasteiger partial charge < -0.3 is 10.6 Å². The normalized spacial score (nSPS) is 10.8. The molecule has 0 radical (unpaired) electrons. The van der Waals surface area contributed by atoms with Gasteiger partial charge in [0.2, 0.25) is 5.13 Å². The number of nitrogens with zero attached hydrogens (tertiary/aromatic N) is 3. The van der Waals surface area contributed by atoms with Crippen molar-refractivity contribution < 1.29 is 4.79 Å². The molecule has 3 rings (SSSR count). The number of anilines is 1. The number of thiazole rings is 1. The molecular weight excluding hydrogens is 346 g/mol. The molecular formula is C19H23N5OS. The summed E-state index contributed by atoms with van der Waals surface area (Å²) in [6.07, 6.45) is 0.677.